The van der Waals surface area contributed by atoms with Gasteiger partial charge in [0, 0.05) is 23.7 Å². The maximum atomic E-state index is 12.7. The van der Waals surface area contributed by atoms with Crippen molar-refractivity contribution in [3.8, 4) is 5.75 Å². The van der Waals surface area contributed by atoms with Gasteiger partial charge in [-0.2, -0.15) is 0 Å². The minimum Gasteiger partial charge on any atom is -0.497 e. The van der Waals surface area contributed by atoms with Gasteiger partial charge in [-0.1, -0.05) is 0 Å². The van der Waals surface area contributed by atoms with Crippen molar-refractivity contribution in [1.82, 2.24) is 4.90 Å². The number of nitrogens with zero attached hydrogens (tertiary/aromatic N) is 1. The molecule has 4 nitrogen and oxygen atoms in total. The van der Waals surface area contributed by atoms with E-state index in [0.717, 1.165) is 36.7 Å². The van der Waals surface area contributed by atoms with Gasteiger partial charge in [-0.3, -0.25) is 4.79 Å². The van der Waals surface area contributed by atoms with Crippen molar-refractivity contribution < 1.29 is 14.6 Å². The highest BCUT2D eigenvalue weighted by atomic mass is 79.9. The fourth-order valence-electron chi connectivity index (χ4n) is 2.68. The van der Waals surface area contributed by atoms with Crippen LogP contribution in [0.15, 0.2) is 22.7 Å². The molecule has 0 radical (unpaired) electrons. The fourth-order valence-corrected chi connectivity index (χ4v) is 3.10. The van der Waals surface area contributed by atoms with Gasteiger partial charge < -0.3 is 14.7 Å². The third-order valence-corrected chi connectivity index (χ3v) is 4.43. The van der Waals surface area contributed by atoms with Crippen molar-refractivity contribution in [1.29, 1.82) is 0 Å². The van der Waals surface area contributed by atoms with Gasteiger partial charge in [0.25, 0.3) is 5.91 Å². The molecule has 1 aliphatic rings. The molecule has 1 unspecified atom stereocenters. The molecule has 0 spiro atoms. The van der Waals surface area contributed by atoms with Crippen molar-refractivity contribution in [3.63, 3.8) is 0 Å². The summed E-state index contributed by atoms with van der Waals surface area (Å²) < 4.78 is 5.98. The summed E-state index contributed by atoms with van der Waals surface area (Å²) in [4.78, 5) is 14.6. The largest absolute Gasteiger partial charge is 0.497 e. The van der Waals surface area contributed by atoms with E-state index in [1.807, 2.05) is 17.0 Å². The first-order valence-electron chi connectivity index (χ1n) is 6.92. The molecular weight excluding hydrogens is 322 g/mol. The molecule has 1 aromatic rings. The number of benzene rings is 1. The summed E-state index contributed by atoms with van der Waals surface area (Å²) in [6, 6.07) is 5.68. The van der Waals surface area contributed by atoms with Gasteiger partial charge in [0.05, 0.1) is 12.7 Å². The molecule has 0 saturated carbocycles. The topological polar surface area (TPSA) is 49.8 Å². The SMILES string of the molecule is COc1ccc(Br)c(C(=O)N2CCCC2CCCO)c1. The summed E-state index contributed by atoms with van der Waals surface area (Å²) in [6.07, 6.45) is 3.66. The highest BCUT2D eigenvalue weighted by molar-refractivity contribution is 9.10. The van der Waals surface area contributed by atoms with Gasteiger partial charge in [0.2, 0.25) is 0 Å². The van der Waals surface area contributed by atoms with Crippen LogP contribution >= 0.6 is 15.9 Å². The average molecular weight is 342 g/mol. The normalized spacial score (nSPS) is 18.4. The lowest BCUT2D eigenvalue weighted by Crippen LogP contribution is -2.35. The molecule has 0 bridgehead atoms. The molecule has 0 aromatic heterocycles. The summed E-state index contributed by atoms with van der Waals surface area (Å²) in [6.45, 7) is 0.972. The molecule has 20 heavy (non-hydrogen) atoms. The molecule has 1 atom stereocenters. The van der Waals surface area contributed by atoms with E-state index in [1.54, 1.807) is 13.2 Å². The number of hydrogen-bond acceptors (Lipinski definition) is 3. The van der Waals surface area contributed by atoms with Crippen LogP contribution in [0.2, 0.25) is 0 Å². The number of rotatable bonds is 5. The second-order valence-electron chi connectivity index (χ2n) is 5.01. The van der Waals surface area contributed by atoms with Crippen molar-refractivity contribution in [2.24, 2.45) is 0 Å². The zero-order valence-electron chi connectivity index (χ0n) is 11.6. The Kier molecular flexibility index (Phi) is 5.43. The summed E-state index contributed by atoms with van der Waals surface area (Å²) in [5.74, 6) is 0.721. The lowest BCUT2D eigenvalue weighted by molar-refractivity contribution is 0.0723. The van der Waals surface area contributed by atoms with Crippen LogP contribution in [0.1, 0.15) is 36.0 Å². The standard InChI is InChI=1S/C15H20BrNO3/c1-20-12-6-7-14(16)13(10-12)15(19)17-8-2-4-11(17)5-3-9-18/h6-7,10-11,18H,2-5,8-9H2,1H3. The van der Waals surface area contributed by atoms with E-state index >= 15 is 0 Å². The molecule has 1 N–H and O–H groups in total. The highest BCUT2D eigenvalue weighted by Crippen LogP contribution is 2.28. The second-order valence-corrected chi connectivity index (χ2v) is 5.86. The van der Waals surface area contributed by atoms with Crippen LogP contribution in [0.5, 0.6) is 5.75 Å². The lowest BCUT2D eigenvalue weighted by atomic mass is 10.1. The highest BCUT2D eigenvalue weighted by Gasteiger charge is 2.29. The van der Waals surface area contributed by atoms with Gasteiger partial charge in [-0.15, -0.1) is 0 Å². The van der Waals surface area contributed by atoms with Gasteiger partial charge in [0.1, 0.15) is 5.75 Å². The Hall–Kier alpha value is -1.07. The van der Waals surface area contributed by atoms with Gasteiger partial charge in [-0.25, -0.2) is 0 Å². The number of hydrogen-bond donors (Lipinski definition) is 1. The predicted molar refractivity (Wildman–Crippen MR) is 81.1 cm³/mol. The molecule has 1 saturated heterocycles. The van der Waals surface area contributed by atoms with Crippen LogP contribution in [0.25, 0.3) is 0 Å². The average Bonchev–Trinajstić information content (AvgIpc) is 2.93. The van der Waals surface area contributed by atoms with Crippen LogP contribution in [0, 0.1) is 0 Å². The van der Waals surface area contributed by atoms with Gasteiger partial charge in [0.15, 0.2) is 0 Å². The second kappa shape index (κ2) is 7.09. The number of amides is 1. The molecule has 1 fully saturated rings. The van der Waals surface area contributed by atoms with Crippen LogP contribution in [-0.4, -0.2) is 42.2 Å². The number of aliphatic hydroxyl groups is 1. The number of carbonyl (C=O) groups is 1. The number of methoxy groups -OCH3 is 1. The Bertz CT molecular complexity index is 478. The van der Waals surface area contributed by atoms with Gasteiger partial charge in [-0.05, 0) is 59.8 Å². The van der Waals surface area contributed by atoms with E-state index in [9.17, 15) is 4.79 Å². The van der Waals surface area contributed by atoms with Crippen LogP contribution < -0.4 is 4.74 Å². The third kappa shape index (κ3) is 3.33. The molecule has 5 heteroatoms. The van der Waals surface area contributed by atoms with Gasteiger partial charge >= 0.3 is 0 Å². The fraction of sp³-hybridized carbons (Fsp3) is 0.533. The first-order valence-corrected chi connectivity index (χ1v) is 7.72. The summed E-state index contributed by atoms with van der Waals surface area (Å²) in [5, 5.41) is 8.95. The molecule has 1 amide bonds. The van der Waals surface area contributed by atoms with Crippen molar-refractivity contribution in [2.75, 3.05) is 20.3 Å². The first-order chi connectivity index (χ1) is 9.67. The summed E-state index contributed by atoms with van der Waals surface area (Å²) in [5.41, 5.74) is 0.639. The maximum Gasteiger partial charge on any atom is 0.255 e. The Morgan fingerprint density at radius 2 is 2.35 bits per heavy atom. The van der Waals surface area contributed by atoms with E-state index in [4.69, 9.17) is 9.84 Å². The number of likely N-dealkylation sites (tertiary alicyclic amines) is 1. The lowest BCUT2D eigenvalue weighted by Gasteiger charge is -2.25. The number of carbonyl (C=O) groups excluding carboxylic acids is 1. The van der Waals surface area contributed by atoms with E-state index in [1.165, 1.54) is 0 Å². The van der Waals surface area contributed by atoms with Crippen LogP contribution in [0.4, 0.5) is 0 Å². The van der Waals surface area contributed by atoms with Crippen LogP contribution in [-0.2, 0) is 0 Å². The molecule has 0 aliphatic carbocycles. The van der Waals surface area contributed by atoms with E-state index in [0.29, 0.717) is 11.3 Å². The minimum absolute atomic E-state index is 0.0382. The Morgan fingerprint density at radius 1 is 1.55 bits per heavy atom. The van der Waals surface area contributed by atoms with Crippen molar-refractivity contribution >= 4 is 21.8 Å². The molecule has 1 aliphatic heterocycles. The Labute approximate surface area is 127 Å². The zero-order valence-corrected chi connectivity index (χ0v) is 13.2. The third-order valence-electron chi connectivity index (χ3n) is 3.74. The first kappa shape index (κ1) is 15.3. The molecule has 1 heterocycles. The molecular formula is C15H20BrNO3. The number of ether oxygens (including phenoxy) is 1. The quantitative estimate of drug-likeness (QED) is 0.895. The molecule has 2 rings (SSSR count). The van der Waals surface area contributed by atoms with E-state index < -0.39 is 0 Å². The van der Waals surface area contributed by atoms with Crippen LogP contribution in [0.3, 0.4) is 0 Å². The zero-order chi connectivity index (χ0) is 14.5. The predicted octanol–water partition coefficient (Wildman–Crippen LogP) is 2.83. The summed E-state index contributed by atoms with van der Waals surface area (Å²) in [7, 11) is 1.59. The van der Waals surface area contributed by atoms with E-state index in [-0.39, 0.29) is 18.6 Å². The minimum atomic E-state index is 0.0382. The maximum absolute atomic E-state index is 12.7. The van der Waals surface area contributed by atoms with E-state index in [2.05, 4.69) is 15.9 Å². The number of aliphatic hydroxyl groups excluding tert-OH is 1. The summed E-state index contributed by atoms with van der Waals surface area (Å²) >= 11 is 3.44. The van der Waals surface area contributed by atoms with Crippen molar-refractivity contribution in [3.05, 3.63) is 28.2 Å². The monoisotopic (exact) mass is 341 g/mol. The number of halogens is 1. The van der Waals surface area contributed by atoms with Crippen molar-refractivity contribution in [2.45, 2.75) is 31.7 Å². The Morgan fingerprint density at radius 3 is 3.05 bits per heavy atom. The Balaban J connectivity index is 2.17. The molecule has 110 valence electrons. The molecule has 1 aromatic carbocycles. The smallest absolute Gasteiger partial charge is 0.255 e.